The van der Waals surface area contributed by atoms with Gasteiger partial charge in [-0.3, -0.25) is 4.68 Å². The Balaban J connectivity index is 1.33. The highest BCUT2D eigenvalue weighted by atomic mass is 19.3. The second kappa shape index (κ2) is 8.70. The molecule has 11 heteroatoms. The first-order chi connectivity index (χ1) is 18.7. The molecular weight excluding hydrogens is 507 g/mol. The van der Waals surface area contributed by atoms with Gasteiger partial charge in [-0.2, -0.15) is 10.1 Å². The summed E-state index contributed by atoms with van der Waals surface area (Å²) in [5.74, 6) is -3.35. The molecule has 1 saturated heterocycles. The molecule has 0 amide bonds. The van der Waals surface area contributed by atoms with Crippen LogP contribution in [-0.4, -0.2) is 48.9 Å². The molecule has 0 N–H and O–H groups in total. The van der Waals surface area contributed by atoms with Gasteiger partial charge in [0.25, 0.3) is 5.92 Å². The van der Waals surface area contributed by atoms with Crippen molar-refractivity contribution in [3.8, 4) is 11.3 Å². The summed E-state index contributed by atoms with van der Waals surface area (Å²) in [6.07, 6.45) is 5.37. The Hall–Kier alpha value is -3.60. The van der Waals surface area contributed by atoms with Crippen molar-refractivity contribution in [1.82, 2.24) is 29.7 Å². The summed E-state index contributed by atoms with van der Waals surface area (Å²) in [5, 5.41) is 4.51. The largest absolute Gasteiger partial charge is 0.367 e. The highest BCUT2D eigenvalue weighted by Gasteiger charge is 2.41. The highest BCUT2D eigenvalue weighted by molar-refractivity contribution is 5.88. The molecule has 2 fully saturated rings. The van der Waals surface area contributed by atoms with Crippen molar-refractivity contribution >= 4 is 17.1 Å². The minimum atomic E-state index is -3.03. The molecule has 4 aromatic rings. The van der Waals surface area contributed by atoms with Crippen LogP contribution in [-0.2, 0) is 17.1 Å². The predicted octanol–water partition coefficient (Wildman–Crippen LogP) is 5.38. The van der Waals surface area contributed by atoms with Crippen LogP contribution in [0.3, 0.4) is 0 Å². The van der Waals surface area contributed by atoms with Gasteiger partial charge in [-0.25, -0.2) is 28.1 Å². The number of alkyl halides is 2. The van der Waals surface area contributed by atoms with Crippen molar-refractivity contribution in [3.05, 3.63) is 58.4 Å². The number of ether oxygens (including phenoxy) is 1. The number of aryl methyl sites for hydroxylation is 2. The molecule has 0 bridgehead atoms. The fourth-order valence-corrected chi connectivity index (χ4v) is 5.59. The number of fused-ring (bicyclic) bond motifs is 2. The van der Waals surface area contributed by atoms with Crippen LogP contribution < -0.4 is 4.90 Å². The number of anilines is 1. The molecule has 3 aromatic heterocycles. The third kappa shape index (κ3) is 4.14. The van der Waals surface area contributed by atoms with Crippen molar-refractivity contribution in [2.45, 2.75) is 70.6 Å². The molecule has 39 heavy (non-hydrogen) atoms. The quantitative estimate of drug-likeness (QED) is 0.347. The molecule has 1 aromatic carbocycles. The molecule has 2 atom stereocenters. The van der Waals surface area contributed by atoms with E-state index in [0.29, 0.717) is 47.6 Å². The lowest BCUT2D eigenvalue weighted by molar-refractivity contribution is -0.0178. The van der Waals surface area contributed by atoms with Gasteiger partial charge in [0.15, 0.2) is 5.65 Å². The minimum Gasteiger partial charge on any atom is -0.367 e. The van der Waals surface area contributed by atoms with Gasteiger partial charge in [-0.1, -0.05) is 6.07 Å². The molecule has 4 heterocycles. The smallest absolute Gasteiger partial charge is 0.273 e. The van der Waals surface area contributed by atoms with E-state index in [9.17, 15) is 8.78 Å². The first-order valence-electron chi connectivity index (χ1n) is 13.4. The van der Waals surface area contributed by atoms with Crippen LogP contribution in [0.15, 0.2) is 24.5 Å². The van der Waals surface area contributed by atoms with Crippen LogP contribution in [0.1, 0.15) is 66.4 Å². The zero-order valence-electron chi connectivity index (χ0n) is 22.0. The van der Waals surface area contributed by atoms with E-state index < -0.39 is 18.2 Å². The van der Waals surface area contributed by atoms with Gasteiger partial charge >= 0.3 is 0 Å². The minimum absolute atomic E-state index is 0.0289. The zero-order valence-corrected chi connectivity index (χ0v) is 22.0. The summed E-state index contributed by atoms with van der Waals surface area (Å²) >= 11 is 0. The van der Waals surface area contributed by atoms with Crippen LogP contribution in [0, 0.1) is 19.7 Å². The number of rotatable bonds is 4. The van der Waals surface area contributed by atoms with Crippen molar-refractivity contribution in [2.24, 2.45) is 0 Å². The topological polar surface area (TPSA) is 81.9 Å². The maximum atomic E-state index is 15.8. The number of halogens is 3. The number of aromatic nitrogens is 6. The monoisotopic (exact) mass is 535 g/mol. The second-order valence-electron chi connectivity index (χ2n) is 10.9. The lowest BCUT2D eigenvalue weighted by atomic mass is 10.0. The summed E-state index contributed by atoms with van der Waals surface area (Å²) < 4.78 is 52.7. The third-order valence-corrected chi connectivity index (χ3v) is 7.97. The fraction of sp³-hybridized carbons (Fsp3) is 0.464. The molecule has 0 radical (unpaired) electrons. The Morgan fingerprint density at radius 2 is 1.82 bits per heavy atom. The average molecular weight is 536 g/mol. The van der Waals surface area contributed by atoms with E-state index in [1.54, 1.807) is 0 Å². The van der Waals surface area contributed by atoms with Gasteiger partial charge in [0.05, 0.1) is 36.3 Å². The van der Waals surface area contributed by atoms with Crippen molar-refractivity contribution < 1.29 is 17.9 Å². The molecule has 0 spiro atoms. The average Bonchev–Trinajstić information content (AvgIpc) is 3.54. The lowest BCUT2D eigenvalue weighted by Crippen LogP contribution is -2.43. The van der Waals surface area contributed by atoms with Crippen molar-refractivity contribution in [2.75, 3.05) is 18.0 Å². The maximum Gasteiger partial charge on any atom is 0.273 e. The van der Waals surface area contributed by atoms with Crippen LogP contribution in [0.4, 0.5) is 19.1 Å². The molecule has 1 aliphatic heterocycles. The number of hydrogen-bond donors (Lipinski definition) is 0. The molecule has 2 aliphatic carbocycles. The van der Waals surface area contributed by atoms with Crippen molar-refractivity contribution in [1.29, 1.82) is 0 Å². The second-order valence-corrected chi connectivity index (χ2v) is 10.9. The van der Waals surface area contributed by atoms with Gasteiger partial charge in [0.2, 0.25) is 5.95 Å². The predicted molar refractivity (Wildman–Crippen MR) is 138 cm³/mol. The molecule has 202 valence electrons. The van der Waals surface area contributed by atoms with E-state index in [4.69, 9.17) is 14.7 Å². The van der Waals surface area contributed by atoms with E-state index in [0.717, 1.165) is 18.4 Å². The molecule has 0 unspecified atom stereocenters. The molecular formula is C28H28F3N7O. The van der Waals surface area contributed by atoms with Crippen LogP contribution in [0.5, 0.6) is 0 Å². The van der Waals surface area contributed by atoms with E-state index in [2.05, 4.69) is 15.1 Å². The van der Waals surface area contributed by atoms with E-state index in [1.807, 2.05) is 42.7 Å². The first-order valence-corrected chi connectivity index (χ1v) is 13.4. The van der Waals surface area contributed by atoms with Gasteiger partial charge in [0, 0.05) is 35.9 Å². The number of morpholine rings is 1. The maximum absolute atomic E-state index is 15.8. The van der Waals surface area contributed by atoms with Gasteiger partial charge in [-0.05, 0) is 51.7 Å². The van der Waals surface area contributed by atoms with Crippen LogP contribution in [0.25, 0.3) is 22.4 Å². The highest BCUT2D eigenvalue weighted by Crippen LogP contribution is 2.45. The zero-order chi connectivity index (χ0) is 27.1. The van der Waals surface area contributed by atoms with Crippen LogP contribution in [0.2, 0.25) is 0 Å². The molecule has 1 saturated carbocycles. The molecule has 8 nitrogen and oxygen atoms in total. The summed E-state index contributed by atoms with van der Waals surface area (Å²) in [5.41, 5.74) is 3.19. The Labute approximate surface area is 223 Å². The Kier molecular flexibility index (Phi) is 5.45. The van der Waals surface area contributed by atoms with E-state index in [1.165, 1.54) is 12.1 Å². The summed E-state index contributed by atoms with van der Waals surface area (Å²) in [7, 11) is 0. The molecule has 7 rings (SSSR count). The van der Waals surface area contributed by atoms with Crippen LogP contribution >= 0.6 is 0 Å². The van der Waals surface area contributed by atoms with E-state index >= 15 is 4.39 Å². The Morgan fingerprint density at radius 1 is 1.03 bits per heavy atom. The standard InChI is InChI=1S/C28H28F3N7O/c1-14-11-37(13-22(39-14)17-10-32-38(12-17)18-4-5-18)27-35-24(25-26(36-27)34-16(3)15(2)33-25)20-6-7-21-19(23(20)29)8-9-28(21,30)31/h6-7,10,12,14,18,22H,4-5,8-9,11,13H2,1-3H3/t14-,22-/m1/s1. The van der Waals surface area contributed by atoms with Crippen molar-refractivity contribution in [3.63, 3.8) is 0 Å². The van der Waals surface area contributed by atoms with Gasteiger partial charge in [0.1, 0.15) is 23.1 Å². The summed E-state index contributed by atoms with van der Waals surface area (Å²) in [6, 6.07) is 3.16. The number of benzene rings is 1. The Bertz CT molecular complexity index is 1620. The summed E-state index contributed by atoms with van der Waals surface area (Å²) in [4.78, 5) is 20.8. The Morgan fingerprint density at radius 3 is 2.62 bits per heavy atom. The third-order valence-electron chi connectivity index (χ3n) is 7.97. The van der Waals surface area contributed by atoms with E-state index in [-0.39, 0.29) is 41.0 Å². The van der Waals surface area contributed by atoms with Gasteiger partial charge in [-0.15, -0.1) is 0 Å². The first kappa shape index (κ1) is 24.4. The number of nitrogens with zero attached hydrogens (tertiary/aromatic N) is 7. The fourth-order valence-electron chi connectivity index (χ4n) is 5.59. The normalized spacial score (nSPS) is 22.5. The van der Waals surface area contributed by atoms with Gasteiger partial charge < -0.3 is 9.64 Å². The SMILES string of the molecule is Cc1nc2nc(N3C[C@@H](C)O[C@@H](c4cnn(C5CC5)c4)C3)nc(-c3ccc4c(c3F)CCC4(F)F)c2nc1C. The summed E-state index contributed by atoms with van der Waals surface area (Å²) in [6.45, 7) is 6.64. The molecule has 3 aliphatic rings. The lowest BCUT2D eigenvalue weighted by Gasteiger charge is -2.36. The number of hydrogen-bond acceptors (Lipinski definition) is 7.